The van der Waals surface area contributed by atoms with Crippen molar-refractivity contribution in [3.8, 4) is 0 Å². The molecule has 1 saturated heterocycles. The molecule has 1 fully saturated rings. The number of hydrogen-bond donors (Lipinski definition) is 2. The summed E-state index contributed by atoms with van der Waals surface area (Å²) in [6, 6.07) is 8.68. The Morgan fingerprint density at radius 3 is 2.70 bits per heavy atom. The maximum absolute atomic E-state index is 11.9. The molecule has 4 atom stereocenters. The first-order chi connectivity index (χ1) is 11.0. The van der Waals surface area contributed by atoms with Crippen LogP contribution >= 0.6 is 0 Å². The smallest absolute Gasteiger partial charge is 0.407 e. The summed E-state index contributed by atoms with van der Waals surface area (Å²) in [6.07, 6.45) is -2.78. The second-order valence-electron chi connectivity index (χ2n) is 5.42. The van der Waals surface area contributed by atoms with E-state index in [4.69, 9.17) is 14.2 Å². The van der Waals surface area contributed by atoms with Crippen molar-refractivity contribution in [1.29, 1.82) is 0 Å². The SMILES string of the molecule is CC(=O)O[C@@H]1[C@H](C)O[C@@H](O)C[C@H]1NC(=O)OCc1ccccc1. The van der Waals surface area contributed by atoms with Crippen LogP contribution in [0.25, 0.3) is 0 Å². The zero-order chi connectivity index (χ0) is 16.8. The molecule has 0 aromatic heterocycles. The van der Waals surface area contributed by atoms with Gasteiger partial charge in [0.05, 0.1) is 12.1 Å². The molecule has 0 spiro atoms. The fourth-order valence-corrected chi connectivity index (χ4v) is 2.49. The second kappa shape index (κ2) is 7.94. The molecular weight excluding hydrogens is 302 g/mol. The van der Waals surface area contributed by atoms with Gasteiger partial charge in [-0.25, -0.2) is 4.79 Å². The van der Waals surface area contributed by atoms with Crippen molar-refractivity contribution in [2.45, 2.75) is 51.4 Å². The quantitative estimate of drug-likeness (QED) is 0.812. The molecular formula is C16H21NO6. The molecule has 1 heterocycles. The van der Waals surface area contributed by atoms with Crippen LogP contribution in [0.2, 0.25) is 0 Å². The molecule has 1 aliphatic heterocycles. The summed E-state index contributed by atoms with van der Waals surface area (Å²) in [5.74, 6) is -0.480. The molecule has 2 N–H and O–H groups in total. The van der Waals surface area contributed by atoms with Crippen molar-refractivity contribution < 1.29 is 28.9 Å². The van der Waals surface area contributed by atoms with Crippen LogP contribution in [0, 0.1) is 0 Å². The summed E-state index contributed by atoms with van der Waals surface area (Å²) in [5, 5.41) is 12.3. The van der Waals surface area contributed by atoms with E-state index in [1.54, 1.807) is 6.92 Å². The van der Waals surface area contributed by atoms with Gasteiger partial charge in [-0.2, -0.15) is 0 Å². The van der Waals surface area contributed by atoms with E-state index >= 15 is 0 Å². The first-order valence-electron chi connectivity index (χ1n) is 7.43. The Morgan fingerprint density at radius 1 is 1.35 bits per heavy atom. The van der Waals surface area contributed by atoms with Gasteiger partial charge in [0.15, 0.2) is 6.29 Å². The standard InChI is InChI=1S/C16H21NO6/c1-10-15(23-11(2)18)13(8-14(19)22-10)17-16(20)21-9-12-6-4-3-5-7-12/h3-7,10,13-15,19H,8-9H2,1-2H3,(H,17,20)/t10-,13+,14+,15+/m0/s1. The van der Waals surface area contributed by atoms with Crippen LogP contribution in [-0.2, 0) is 25.6 Å². The molecule has 23 heavy (non-hydrogen) atoms. The molecule has 0 bridgehead atoms. The second-order valence-corrected chi connectivity index (χ2v) is 5.42. The van der Waals surface area contributed by atoms with Crippen LogP contribution in [-0.4, -0.2) is 41.7 Å². The Morgan fingerprint density at radius 2 is 2.04 bits per heavy atom. The average molecular weight is 323 g/mol. The number of esters is 1. The van der Waals surface area contributed by atoms with Crippen LogP contribution in [0.1, 0.15) is 25.8 Å². The van der Waals surface area contributed by atoms with Crippen molar-refractivity contribution >= 4 is 12.1 Å². The highest BCUT2D eigenvalue weighted by Gasteiger charge is 2.39. The van der Waals surface area contributed by atoms with E-state index in [0.717, 1.165) is 5.56 Å². The van der Waals surface area contributed by atoms with E-state index in [9.17, 15) is 14.7 Å². The highest BCUT2D eigenvalue weighted by molar-refractivity contribution is 5.68. The van der Waals surface area contributed by atoms with Gasteiger partial charge in [-0.1, -0.05) is 30.3 Å². The summed E-state index contributed by atoms with van der Waals surface area (Å²) in [5.41, 5.74) is 0.861. The zero-order valence-electron chi connectivity index (χ0n) is 13.1. The van der Waals surface area contributed by atoms with E-state index in [2.05, 4.69) is 5.32 Å². The lowest BCUT2D eigenvalue weighted by molar-refractivity contribution is -0.213. The van der Waals surface area contributed by atoms with Crippen molar-refractivity contribution in [3.05, 3.63) is 35.9 Å². The lowest BCUT2D eigenvalue weighted by atomic mass is 9.99. The number of rotatable bonds is 4. The largest absolute Gasteiger partial charge is 0.458 e. The lowest BCUT2D eigenvalue weighted by Gasteiger charge is -2.38. The number of alkyl carbamates (subject to hydrolysis) is 1. The third kappa shape index (κ3) is 5.22. The van der Waals surface area contributed by atoms with E-state index in [1.807, 2.05) is 30.3 Å². The first kappa shape index (κ1) is 17.2. The third-order valence-corrected chi connectivity index (χ3v) is 3.50. The van der Waals surface area contributed by atoms with Gasteiger partial charge in [-0.3, -0.25) is 4.79 Å². The number of aliphatic hydroxyl groups excluding tert-OH is 1. The number of aliphatic hydroxyl groups is 1. The van der Waals surface area contributed by atoms with Crippen molar-refractivity contribution in [2.24, 2.45) is 0 Å². The summed E-state index contributed by atoms with van der Waals surface area (Å²) in [7, 11) is 0. The minimum absolute atomic E-state index is 0.114. The van der Waals surface area contributed by atoms with E-state index in [-0.39, 0.29) is 13.0 Å². The number of ether oxygens (including phenoxy) is 3. The van der Waals surface area contributed by atoms with Gasteiger partial charge >= 0.3 is 12.1 Å². The molecule has 0 aliphatic carbocycles. The number of hydrogen-bond acceptors (Lipinski definition) is 6. The number of amides is 1. The van der Waals surface area contributed by atoms with Crippen LogP contribution in [0.4, 0.5) is 4.79 Å². The number of benzene rings is 1. The average Bonchev–Trinajstić information content (AvgIpc) is 2.49. The third-order valence-electron chi connectivity index (χ3n) is 3.50. The van der Waals surface area contributed by atoms with Gasteiger partial charge in [0, 0.05) is 13.3 Å². The number of carbonyl (C=O) groups is 2. The molecule has 0 unspecified atom stereocenters. The fraction of sp³-hybridized carbons (Fsp3) is 0.500. The highest BCUT2D eigenvalue weighted by atomic mass is 16.6. The first-order valence-corrected chi connectivity index (χ1v) is 7.43. The van der Waals surface area contributed by atoms with Crippen LogP contribution in [0.3, 0.4) is 0 Å². The topological polar surface area (TPSA) is 94.1 Å². The summed E-state index contributed by atoms with van der Waals surface area (Å²) >= 11 is 0. The molecule has 1 aliphatic rings. The van der Waals surface area contributed by atoms with Gasteiger partial charge in [-0.15, -0.1) is 0 Å². The number of nitrogens with one attached hydrogen (secondary N) is 1. The predicted octanol–water partition coefficient (Wildman–Crippen LogP) is 1.34. The van der Waals surface area contributed by atoms with Gasteiger partial charge in [0.1, 0.15) is 12.7 Å². The lowest BCUT2D eigenvalue weighted by Crippen LogP contribution is -2.56. The molecule has 0 radical (unpaired) electrons. The van der Waals surface area contributed by atoms with E-state index < -0.39 is 36.6 Å². The molecule has 7 heteroatoms. The van der Waals surface area contributed by atoms with Crippen molar-refractivity contribution in [1.82, 2.24) is 5.32 Å². The minimum atomic E-state index is -1.03. The van der Waals surface area contributed by atoms with Gasteiger partial charge < -0.3 is 24.6 Å². The highest BCUT2D eigenvalue weighted by Crippen LogP contribution is 2.22. The Labute approximate surface area is 134 Å². The number of carbonyl (C=O) groups excluding carboxylic acids is 2. The molecule has 126 valence electrons. The van der Waals surface area contributed by atoms with Crippen molar-refractivity contribution in [3.63, 3.8) is 0 Å². The van der Waals surface area contributed by atoms with E-state index in [1.165, 1.54) is 6.92 Å². The molecule has 0 saturated carbocycles. The van der Waals surface area contributed by atoms with Crippen LogP contribution in [0.15, 0.2) is 30.3 Å². The van der Waals surface area contributed by atoms with Crippen LogP contribution < -0.4 is 5.32 Å². The Bertz CT molecular complexity index is 535. The van der Waals surface area contributed by atoms with Crippen LogP contribution in [0.5, 0.6) is 0 Å². The predicted molar refractivity (Wildman–Crippen MR) is 80.3 cm³/mol. The summed E-state index contributed by atoms with van der Waals surface area (Å²) < 4.78 is 15.6. The molecule has 1 aromatic carbocycles. The molecule has 2 rings (SSSR count). The normalized spacial score (nSPS) is 27.1. The minimum Gasteiger partial charge on any atom is -0.458 e. The Hall–Kier alpha value is -2.12. The summed E-state index contributed by atoms with van der Waals surface area (Å²) in [6.45, 7) is 3.08. The van der Waals surface area contributed by atoms with Gasteiger partial charge in [0.25, 0.3) is 0 Å². The maximum Gasteiger partial charge on any atom is 0.407 e. The van der Waals surface area contributed by atoms with Gasteiger partial charge in [-0.05, 0) is 12.5 Å². The molecule has 1 aromatic rings. The Balaban J connectivity index is 1.91. The Kier molecular flexibility index (Phi) is 5.95. The van der Waals surface area contributed by atoms with Crippen molar-refractivity contribution in [2.75, 3.05) is 0 Å². The monoisotopic (exact) mass is 323 g/mol. The zero-order valence-corrected chi connectivity index (χ0v) is 13.1. The van der Waals surface area contributed by atoms with E-state index in [0.29, 0.717) is 0 Å². The maximum atomic E-state index is 11.9. The van der Waals surface area contributed by atoms with Gasteiger partial charge in [0.2, 0.25) is 0 Å². The fourth-order valence-electron chi connectivity index (χ4n) is 2.49. The molecule has 1 amide bonds. The summed E-state index contributed by atoms with van der Waals surface area (Å²) in [4.78, 5) is 23.1. The molecule has 7 nitrogen and oxygen atoms in total.